The van der Waals surface area contributed by atoms with Crippen LogP contribution in [-0.2, 0) is 6.54 Å². The molecular formula is C16H17ClN2O2. The summed E-state index contributed by atoms with van der Waals surface area (Å²) in [6, 6.07) is 8.66. The van der Waals surface area contributed by atoms with Crippen molar-refractivity contribution in [2.24, 2.45) is 0 Å². The van der Waals surface area contributed by atoms with E-state index in [9.17, 15) is 10.1 Å². The number of non-ortho nitro benzene ring substituents is 1. The van der Waals surface area contributed by atoms with Gasteiger partial charge in [0.1, 0.15) is 0 Å². The minimum absolute atomic E-state index is 0.0266. The minimum Gasteiger partial charge on any atom is -0.380 e. The van der Waals surface area contributed by atoms with E-state index in [1.807, 2.05) is 0 Å². The predicted molar refractivity (Wildman–Crippen MR) is 86.1 cm³/mol. The van der Waals surface area contributed by atoms with Crippen molar-refractivity contribution in [2.75, 3.05) is 5.32 Å². The van der Waals surface area contributed by atoms with Crippen LogP contribution in [0, 0.1) is 30.9 Å². The fourth-order valence-corrected chi connectivity index (χ4v) is 2.35. The lowest BCUT2D eigenvalue weighted by Crippen LogP contribution is -2.03. The number of nitrogens with one attached hydrogen (secondary N) is 1. The van der Waals surface area contributed by atoms with E-state index in [1.165, 1.54) is 34.9 Å². The molecule has 2 rings (SSSR count). The number of nitro groups is 1. The molecule has 0 amide bonds. The Morgan fingerprint density at radius 2 is 1.76 bits per heavy atom. The molecule has 0 saturated heterocycles. The van der Waals surface area contributed by atoms with Crippen LogP contribution in [0.2, 0.25) is 5.02 Å². The summed E-state index contributed by atoms with van der Waals surface area (Å²) in [6.07, 6.45) is 0. The van der Waals surface area contributed by atoms with Gasteiger partial charge in [0.25, 0.3) is 5.69 Å². The zero-order valence-corrected chi connectivity index (χ0v) is 13.0. The standard InChI is InChI=1S/C16H17ClN2O2/c1-10-6-12(3)13(7-11(10)2)9-18-16-8-14(19(20)21)4-5-15(16)17/h4-8,18H,9H2,1-3H3. The second-order valence-corrected chi connectivity index (χ2v) is 5.54. The van der Waals surface area contributed by atoms with E-state index in [2.05, 4.69) is 38.2 Å². The molecule has 0 aliphatic heterocycles. The third-order valence-corrected chi connectivity index (χ3v) is 3.91. The Bertz CT molecular complexity index is 699. The van der Waals surface area contributed by atoms with Gasteiger partial charge in [-0.05, 0) is 49.1 Å². The summed E-state index contributed by atoms with van der Waals surface area (Å²) in [5.74, 6) is 0. The maximum absolute atomic E-state index is 10.8. The zero-order valence-electron chi connectivity index (χ0n) is 12.2. The van der Waals surface area contributed by atoms with Crippen LogP contribution in [-0.4, -0.2) is 4.92 Å². The van der Waals surface area contributed by atoms with E-state index in [-0.39, 0.29) is 5.69 Å². The summed E-state index contributed by atoms with van der Waals surface area (Å²) >= 11 is 6.08. The van der Waals surface area contributed by atoms with Gasteiger partial charge in [-0.1, -0.05) is 23.7 Å². The number of hydrogen-bond donors (Lipinski definition) is 1. The molecule has 0 fully saturated rings. The van der Waals surface area contributed by atoms with Gasteiger partial charge in [0.05, 0.1) is 15.6 Å². The largest absolute Gasteiger partial charge is 0.380 e. The Hall–Kier alpha value is -2.07. The van der Waals surface area contributed by atoms with Crippen molar-refractivity contribution in [3.63, 3.8) is 0 Å². The average molecular weight is 305 g/mol. The smallest absolute Gasteiger partial charge is 0.271 e. The lowest BCUT2D eigenvalue weighted by atomic mass is 10.0. The Kier molecular flexibility index (Phi) is 4.48. The van der Waals surface area contributed by atoms with Crippen LogP contribution >= 0.6 is 11.6 Å². The Labute approximate surface area is 128 Å². The van der Waals surface area contributed by atoms with Gasteiger partial charge >= 0.3 is 0 Å². The van der Waals surface area contributed by atoms with Crippen LogP contribution in [0.25, 0.3) is 0 Å². The fourth-order valence-electron chi connectivity index (χ4n) is 2.16. The molecule has 0 heterocycles. The molecule has 1 N–H and O–H groups in total. The van der Waals surface area contributed by atoms with Crippen molar-refractivity contribution in [1.29, 1.82) is 0 Å². The van der Waals surface area contributed by atoms with Gasteiger partial charge in [-0.2, -0.15) is 0 Å². The summed E-state index contributed by atoms with van der Waals surface area (Å²) in [5, 5.41) is 14.5. The number of aryl methyl sites for hydroxylation is 3. The van der Waals surface area contributed by atoms with Gasteiger partial charge in [-0.15, -0.1) is 0 Å². The lowest BCUT2D eigenvalue weighted by molar-refractivity contribution is -0.384. The van der Waals surface area contributed by atoms with Crippen molar-refractivity contribution in [3.8, 4) is 0 Å². The molecule has 0 aromatic heterocycles. The van der Waals surface area contributed by atoms with Crippen molar-refractivity contribution < 1.29 is 4.92 Å². The molecular weight excluding hydrogens is 288 g/mol. The molecule has 2 aromatic carbocycles. The Balaban J connectivity index is 2.22. The van der Waals surface area contributed by atoms with Gasteiger partial charge in [-0.25, -0.2) is 0 Å². The van der Waals surface area contributed by atoms with Gasteiger partial charge in [-0.3, -0.25) is 10.1 Å². The summed E-state index contributed by atoms with van der Waals surface area (Å²) in [6.45, 7) is 6.78. The Morgan fingerprint density at radius 3 is 2.43 bits per heavy atom. The van der Waals surface area contributed by atoms with Crippen LogP contribution in [0.1, 0.15) is 22.3 Å². The van der Waals surface area contributed by atoms with Gasteiger partial charge in [0, 0.05) is 18.7 Å². The molecule has 21 heavy (non-hydrogen) atoms. The predicted octanol–water partition coefficient (Wildman–Crippen LogP) is 4.79. The van der Waals surface area contributed by atoms with Crippen LogP contribution in [0.3, 0.4) is 0 Å². The highest BCUT2D eigenvalue weighted by Crippen LogP contribution is 2.27. The highest BCUT2D eigenvalue weighted by Gasteiger charge is 2.10. The van der Waals surface area contributed by atoms with Crippen LogP contribution in [0.5, 0.6) is 0 Å². The topological polar surface area (TPSA) is 55.2 Å². The van der Waals surface area contributed by atoms with E-state index in [0.29, 0.717) is 17.3 Å². The molecule has 110 valence electrons. The number of nitro benzene ring substituents is 1. The molecule has 4 nitrogen and oxygen atoms in total. The number of halogens is 1. The molecule has 0 aliphatic rings. The number of benzene rings is 2. The number of rotatable bonds is 4. The minimum atomic E-state index is -0.428. The third kappa shape index (κ3) is 3.52. The van der Waals surface area contributed by atoms with Gasteiger partial charge in [0.15, 0.2) is 0 Å². The van der Waals surface area contributed by atoms with Crippen LogP contribution in [0.4, 0.5) is 11.4 Å². The molecule has 0 aliphatic carbocycles. The van der Waals surface area contributed by atoms with Crippen molar-refractivity contribution in [1.82, 2.24) is 0 Å². The molecule has 0 spiro atoms. The zero-order chi connectivity index (χ0) is 15.6. The van der Waals surface area contributed by atoms with Crippen LogP contribution in [0.15, 0.2) is 30.3 Å². The second kappa shape index (κ2) is 6.14. The van der Waals surface area contributed by atoms with E-state index in [4.69, 9.17) is 11.6 Å². The second-order valence-electron chi connectivity index (χ2n) is 5.14. The van der Waals surface area contributed by atoms with Gasteiger partial charge < -0.3 is 5.32 Å². The first kappa shape index (κ1) is 15.3. The molecule has 0 bridgehead atoms. The number of anilines is 1. The van der Waals surface area contributed by atoms with Crippen LogP contribution < -0.4 is 5.32 Å². The van der Waals surface area contributed by atoms with E-state index in [0.717, 1.165) is 5.56 Å². The monoisotopic (exact) mass is 304 g/mol. The summed E-state index contributed by atoms with van der Waals surface area (Å²) in [4.78, 5) is 10.4. The summed E-state index contributed by atoms with van der Waals surface area (Å²) in [7, 11) is 0. The van der Waals surface area contributed by atoms with E-state index < -0.39 is 4.92 Å². The SMILES string of the molecule is Cc1cc(C)c(CNc2cc([N+](=O)[O-])ccc2Cl)cc1C. The third-order valence-electron chi connectivity index (χ3n) is 3.58. The molecule has 2 aromatic rings. The number of nitrogens with zero attached hydrogens (tertiary/aromatic N) is 1. The van der Waals surface area contributed by atoms with E-state index in [1.54, 1.807) is 0 Å². The summed E-state index contributed by atoms with van der Waals surface area (Å²) in [5.41, 5.74) is 5.42. The normalized spacial score (nSPS) is 10.5. The average Bonchev–Trinajstić information content (AvgIpc) is 2.42. The molecule has 5 heteroatoms. The maximum Gasteiger partial charge on any atom is 0.271 e. The quantitative estimate of drug-likeness (QED) is 0.653. The van der Waals surface area contributed by atoms with E-state index >= 15 is 0 Å². The van der Waals surface area contributed by atoms with Gasteiger partial charge in [0.2, 0.25) is 0 Å². The number of hydrogen-bond acceptors (Lipinski definition) is 3. The lowest BCUT2D eigenvalue weighted by Gasteiger charge is -2.12. The first-order chi connectivity index (χ1) is 9.88. The van der Waals surface area contributed by atoms with Crippen molar-refractivity contribution in [3.05, 3.63) is 67.7 Å². The van der Waals surface area contributed by atoms with Crippen molar-refractivity contribution in [2.45, 2.75) is 27.3 Å². The fraction of sp³-hybridized carbons (Fsp3) is 0.250. The summed E-state index contributed by atoms with van der Waals surface area (Å²) < 4.78 is 0. The Morgan fingerprint density at radius 1 is 1.10 bits per heavy atom. The highest BCUT2D eigenvalue weighted by atomic mass is 35.5. The molecule has 0 radical (unpaired) electrons. The molecule has 0 saturated carbocycles. The molecule has 0 unspecified atom stereocenters. The van der Waals surface area contributed by atoms with Crippen molar-refractivity contribution >= 4 is 23.0 Å². The maximum atomic E-state index is 10.8. The molecule has 0 atom stereocenters. The first-order valence-corrected chi connectivity index (χ1v) is 7.01. The first-order valence-electron chi connectivity index (χ1n) is 6.63. The highest BCUT2D eigenvalue weighted by molar-refractivity contribution is 6.33.